The Labute approximate surface area is 87.3 Å². The van der Waals surface area contributed by atoms with Crippen LogP contribution in [0.5, 0.6) is 0 Å². The number of nitrogens with zero attached hydrogens (tertiary/aromatic N) is 1. The molecule has 4 heteroatoms. The van der Waals surface area contributed by atoms with E-state index in [9.17, 15) is 5.21 Å². The van der Waals surface area contributed by atoms with E-state index >= 15 is 0 Å². The van der Waals surface area contributed by atoms with E-state index in [0.29, 0.717) is 5.92 Å². The molecule has 3 rings (SSSR count). The Morgan fingerprint density at radius 1 is 1.40 bits per heavy atom. The Balaban J connectivity index is 1.97. The van der Waals surface area contributed by atoms with Crippen molar-refractivity contribution in [2.75, 3.05) is 0 Å². The first-order valence-electron chi connectivity index (χ1n) is 5.14. The summed E-state index contributed by atoms with van der Waals surface area (Å²) in [5.41, 5.74) is 0. The normalized spacial score (nSPS) is 38.1. The van der Waals surface area contributed by atoms with Crippen LogP contribution in [0.2, 0.25) is 0 Å². The summed E-state index contributed by atoms with van der Waals surface area (Å²) in [5, 5.41) is 20.4. The summed E-state index contributed by atoms with van der Waals surface area (Å²) in [6.07, 6.45) is 6.69. The van der Waals surface area contributed by atoms with Gasteiger partial charge in [0.25, 0.3) is 0 Å². The summed E-state index contributed by atoms with van der Waals surface area (Å²) in [6.45, 7) is 0. The van der Waals surface area contributed by atoms with E-state index in [0.717, 1.165) is 12.2 Å². The zero-order valence-electron chi connectivity index (χ0n) is 8.11. The highest BCUT2D eigenvalue weighted by molar-refractivity contribution is 5.25. The minimum absolute atomic E-state index is 0.00231. The molecule has 0 radical (unpaired) electrons. The molecule has 4 nitrogen and oxygen atoms in total. The SMILES string of the molecule is [O-]N(O)C1C2C=CC(C2)C1c1ccco1. The van der Waals surface area contributed by atoms with Gasteiger partial charge in [0.15, 0.2) is 0 Å². The van der Waals surface area contributed by atoms with Crippen LogP contribution in [0.25, 0.3) is 0 Å². The topological polar surface area (TPSA) is 59.7 Å². The maximum Gasteiger partial charge on any atom is 0.109 e. The van der Waals surface area contributed by atoms with E-state index in [4.69, 9.17) is 9.62 Å². The van der Waals surface area contributed by atoms with Gasteiger partial charge in [0, 0.05) is 12.0 Å². The lowest BCUT2D eigenvalue weighted by Gasteiger charge is -2.36. The average Bonchev–Trinajstić information content (AvgIpc) is 2.92. The van der Waals surface area contributed by atoms with Gasteiger partial charge in [-0.05, 0) is 30.4 Å². The molecule has 15 heavy (non-hydrogen) atoms. The fraction of sp³-hybridized carbons (Fsp3) is 0.455. The van der Waals surface area contributed by atoms with Gasteiger partial charge in [0.1, 0.15) is 5.76 Å². The number of furan rings is 1. The van der Waals surface area contributed by atoms with Gasteiger partial charge in [-0.15, -0.1) is 0 Å². The number of allylic oxidation sites excluding steroid dienone is 1. The largest absolute Gasteiger partial charge is 0.762 e. The Morgan fingerprint density at radius 3 is 2.87 bits per heavy atom. The predicted molar refractivity (Wildman–Crippen MR) is 53.0 cm³/mol. The standard InChI is InChI=1S/C11H12NO3/c13-12(14)11-8-4-3-7(6-8)10(11)9-2-1-5-15-9/h1-5,7-8,10-11,13H,6H2/q-1. The van der Waals surface area contributed by atoms with Gasteiger partial charge in [-0.1, -0.05) is 12.2 Å². The van der Waals surface area contributed by atoms with Crippen molar-refractivity contribution in [3.05, 3.63) is 41.5 Å². The van der Waals surface area contributed by atoms with Crippen molar-refractivity contribution in [1.82, 2.24) is 5.23 Å². The van der Waals surface area contributed by atoms with Crippen molar-refractivity contribution in [2.45, 2.75) is 18.4 Å². The molecule has 4 unspecified atom stereocenters. The van der Waals surface area contributed by atoms with Crippen molar-refractivity contribution in [2.24, 2.45) is 11.8 Å². The van der Waals surface area contributed by atoms with E-state index in [1.54, 1.807) is 6.26 Å². The minimum Gasteiger partial charge on any atom is -0.762 e. The molecule has 0 aliphatic heterocycles. The maximum absolute atomic E-state index is 11.1. The average molecular weight is 206 g/mol. The van der Waals surface area contributed by atoms with Crippen molar-refractivity contribution in [1.29, 1.82) is 0 Å². The van der Waals surface area contributed by atoms with Gasteiger partial charge >= 0.3 is 0 Å². The van der Waals surface area contributed by atoms with Gasteiger partial charge in [-0.3, -0.25) is 5.23 Å². The number of hydrogen-bond donors (Lipinski definition) is 1. The summed E-state index contributed by atoms with van der Waals surface area (Å²) in [5.74, 6) is 1.28. The first kappa shape index (κ1) is 9.15. The molecule has 4 atom stereocenters. The van der Waals surface area contributed by atoms with Gasteiger partial charge in [-0.25, -0.2) is 0 Å². The minimum atomic E-state index is -0.383. The van der Waals surface area contributed by atoms with E-state index < -0.39 is 0 Å². The second-order valence-corrected chi connectivity index (χ2v) is 4.28. The second kappa shape index (κ2) is 3.20. The summed E-state index contributed by atoms with van der Waals surface area (Å²) >= 11 is 0. The molecular formula is C11H12NO3-. The molecule has 0 aromatic carbocycles. The lowest BCUT2D eigenvalue weighted by atomic mass is 9.87. The van der Waals surface area contributed by atoms with Crippen LogP contribution in [-0.4, -0.2) is 16.5 Å². The lowest BCUT2D eigenvalue weighted by molar-refractivity contribution is -0.0931. The van der Waals surface area contributed by atoms with Crippen LogP contribution in [0.4, 0.5) is 0 Å². The molecule has 1 aromatic heterocycles. The van der Waals surface area contributed by atoms with E-state index in [2.05, 4.69) is 6.08 Å². The molecule has 1 heterocycles. The first-order valence-corrected chi connectivity index (χ1v) is 5.14. The monoisotopic (exact) mass is 206 g/mol. The first-order chi connectivity index (χ1) is 7.27. The molecule has 0 amide bonds. The zero-order chi connectivity index (χ0) is 10.4. The molecule has 2 aliphatic rings. The number of fused-ring (bicyclic) bond motifs is 2. The molecule has 1 saturated carbocycles. The third-order valence-corrected chi connectivity index (χ3v) is 3.54. The van der Waals surface area contributed by atoms with Crippen LogP contribution in [0.3, 0.4) is 0 Å². The highest BCUT2D eigenvalue weighted by Crippen LogP contribution is 2.50. The van der Waals surface area contributed by atoms with Crippen molar-refractivity contribution < 1.29 is 9.62 Å². The molecule has 80 valence electrons. The third-order valence-electron chi connectivity index (χ3n) is 3.54. The number of hydrogen-bond acceptors (Lipinski definition) is 4. The molecule has 1 aromatic rings. The molecular weight excluding hydrogens is 194 g/mol. The van der Waals surface area contributed by atoms with Crippen molar-refractivity contribution >= 4 is 0 Å². The lowest BCUT2D eigenvalue weighted by Crippen LogP contribution is -2.36. The number of rotatable bonds is 2. The van der Waals surface area contributed by atoms with E-state index in [-0.39, 0.29) is 23.1 Å². The van der Waals surface area contributed by atoms with Gasteiger partial charge in [0.05, 0.1) is 6.26 Å². The molecule has 2 bridgehead atoms. The summed E-state index contributed by atoms with van der Waals surface area (Å²) < 4.78 is 5.34. The Kier molecular flexibility index (Phi) is 1.95. The van der Waals surface area contributed by atoms with Crippen molar-refractivity contribution in [3.63, 3.8) is 0 Å². The molecule has 1 N–H and O–H groups in total. The van der Waals surface area contributed by atoms with Crippen LogP contribution in [0.15, 0.2) is 35.0 Å². The molecule has 0 saturated heterocycles. The highest BCUT2D eigenvalue weighted by atomic mass is 16.8. The van der Waals surface area contributed by atoms with E-state index in [1.807, 2.05) is 18.2 Å². The highest BCUT2D eigenvalue weighted by Gasteiger charge is 2.47. The Morgan fingerprint density at radius 2 is 2.20 bits per heavy atom. The number of hydroxylamine groups is 2. The van der Waals surface area contributed by atoms with Gasteiger partial charge in [-0.2, -0.15) is 0 Å². The molecule has 2 aliphatic carbocycles. The Bertz CT molecular complexity index is 371. The van der Waals surface area contributed by atoms with Gasteiger partial charge in [0.2, 0.25) is 0 Å². The summed E-state index contributed by atoms with van der Waals surface area (Å²) in [7, 11) is 0. The predicted octanol–water partition coefficient (Wildman–Crippen LogP) is 2.13. The maximum atomic E-state index is 11.1. The van der Waals surface area contributed by atoms with Crippen LogP contribution in [0.1, 0.15) is 18.1 Å². The summed E-state index contributed by atoms with van der Waals surface area (Å²) in [4.78, 5) is 0. The van der Waals surface area contributed by atoms with E-state index in [1.165, 1.54) is 0 Å². The quantitative estimate of drug-likeness (QED) is 0.594. The molecule has 0 spiro atoms. The Hall–Kier alpha value is -1.10. The van der Waals surface area contributed by atoms with Crippen molar-refractivity contribution in [3.8, 4) is 0 Å². The molecule has 1 fully saturated rings. The summed E-state index contributed by atoms with van der Waals surface area (Å²) in [6, 6.07) is 3.30. The van der Waals surface area contributed by atoms with Crippen LogP contribution in [-0.2, 0) is 0 Å². The smallest absolute Gasteiger partial charge is 0.109 e. The van der Waals surface area contributed by atoms with Crippen LogP contribution < -0.4 is 0 Å². The zero-order valence-corrected chi connectivity index (χ0v) is 8.11. The fourth-order valence-electron chi connectivity index (χ4n) is 2.96. The third kappa shape index (κ3) is 1.26. The fourth-order valence-corrected chi connectivity index (χ4v) is 2.96. The van der Waals surface area contributed by atoms with Gasteiger partial charge < -0.3 is 14.8 Å². The van der Waals surface area contributed by atoms with Crippen LogP contribution in [0, 0.1) is 17.0 Å². The van der Waals surface area contributed by atoms with Crippen LogP contribution >= 0.6 is 0 Å². The second-order valence-electron chi connectivity index (χ2n) is 4.28.